The number of rotatable bonds is 6. The summed E-state index contributed by atoms with van der Waals surface area (Å²) in [4.78, 5) is 5.66. The Morgan fingerprint density at radius 3 is 3.00 bits per heavy atom. The number of nitrogens with one attached hydrogen (secondary N) is 1. The number of hydrogen-bond donors (Lipinski definition) is 2. The van der Waals surface area contributed by atoms with Gasteiger partial charge in [0, 0.05) is 30.2 Å². The molecule has 1 aromatic carbocycles. The number of benzene rings is 1. The second-order valence-electron chi connectivity index (χ2n) is 5.36. The zero-order valence-electron chi connectivity index (χ0n) is 12.1. The SMILES string of the molecule is Cc1ccccc1CCC(Cc1cn2ccsc2n1)NN. The molecule has 0 spiro atoms. The molecule has 0 fully saturated rings. The van der Waals surface area contributed by atoms with Gasteiger partial charge in [0.15, 0.2) is 4.96 Å². The van der Waals surface area contributed by atoms with Gasteiger partial charge in [0.2, 0.25) is 0 Å². The van der Waals surface area contributed by atoms with Crippen LogP contribution in [0.2, 0.25) is 0 Å². The molecule has 0 aliphatic heterocycles. The number of aryl methyl sites for hydroxylation is 2. The van der Waals surface area contributed by atoms with E-state index < -0.39 is 0 Å². The fourth-order valence-electron chi connectivity index (χ4n) is 2.59. The number of nitrogens with zero attached hydrogens (tertiary/aromatic N) is 2. The highest BCUT2D eigenvalue weighted by Crippen LogP contribution is 2.15. The first kappa shape index (κ1) is 14.3. The predicted molar refractivity (Wildman–Crippen MR) is 87.4 cm³/mol. The van der Waals surface area contributed by atoms with Crippen LogP contribution >= 0.6 is 11.3 Å². The summed E-state index contributed by atoms with van der Waals surface area (Å²) in [5, 5.41) is 2.04. The maximum absolute atomic E-state index is 5.71. The zero-order chi connectivity index (χ0) is 14.7. The first-order valence-electron chi connectivity index (χ1n) is 7.18. The quantitative estimate of drug-likeness (QED) is 0.543. The Kier molecular flexibility index (Phi) is 4.34. The van der Waals surface area contributed by atoms with Crippen LogP contribution in [0, 0.1) is 6.92 Å². The third-order valence-electron chi connectivity index (χ3n) is 3.86. The number of aromatic nitrogens is 2. The molecule has 2 aromatic heterocycles. The summed E-state index contributed by atoms with van der Waals surface area (Å²) in [7, 11) is 0. The second kappa shape index (κ2) is 6.39. The van der Waals surface area contributed by atoms with E-state index >= 15 is 0 Å². The highest BCUT2D eigenvalue weighted by molar-refractivity contribution is 7.15. The van der Waals surface area contributed by atoms with Crippen molar-refractivity contribution in [2.75, 3.05) is 0 Å². The Balaban J connectivity index is 1.62. The van der Waals surface area contributed by atoms with Gasteiger partial charge >= 0.3 is 0 Å². The summed E-state index contributed by atoms with van der Waals surface area (Å²) in [5.41, 5.74) is 6.76. The zero-order valence-corrected chi connectivity index (χ0v) is 12.9. The number of hydrazine groups is 1. The Morgan fingerprint density at radius 1 is 1.38 bits per heavy atom. The maximum atomic E-state index is 5.71. The molecule has 1 atom stereocenters. The van der Waals surface area contributed by atoms with E-state index in [4.69, 9.17) is 5.84 Å². The van der Waals surface area contributed by atoms with Gasteiger partial charge < -0.3 is 0 Å². The van der Waals surface area contributed by atoms with E-state index in [9.17, 15) is 0 Å². The lowest BCUT2D eigenvalue weighted by Crippen LogP contribution is -2.37. The minimum atomic E-state index is 0.245. The average molecular weight is 300 g/mol. The minimum Gasteiger partial charge on any atom is -0.297 e. The smallest absolute Gasteiger partial charge is 0.193 e. The summed E-state index contributed by atoms with van der Waals surface area (Å²) >= 11 is 1.66. The summed E-state index contributed by atoms with van der Waals surface area (Å²) in [5.74, 6) is 5.71. The lowest BCUT2D eigenvalue weighted by atomic mass is 9.99. The molecule has 0 saturated carbocycles. The van der Waals surface area contributed by atoms with E-state index in [0.717, 1.165) is 29.9 Å². The minimum absolute atomic E-state index is 0.245. The lowest BCUT2D eigenvalue weighted by Gasteiger charge is -2.15. The van der Waals surface area contributed by atoms with Gasteiger partial charge in [0.25, 0.3) is 0 Å². The molecule has 3 rings (SSSR count). The third-order valence-corrected chi connectivity index (χ3v) is 4.63. The van der Waals surface area contributed by atoms with Crippen molar-refractivity contribution in [3.63, 3.8) is 0 Å². The molecule has 4 nitrogen and oxygen atoms in total. The van der Waals surface area contributed by atoms with Crippen molar-refractivity contribution in [3.8, 4) is 0 Å². The summed E-state index contributed by atoms with van der Waals surface area (Å²) in [6.45, 7) is 2.16. The highest BCUT2D eigenvalue weighted by atomic mass is 32.1. The van der Waals surface area contributed by atoms with Gasteiger partial charge in [-0.15, -0.1) is 11.3 Å². The van der Waals surface area contributed by atoms with Crippen LogP contribution in [0.15, 0.2) is 42.0 Å². The van der Waals surface area contributed by atoms with Crippen LogP contribution in [0.4, 0.5) is 0 Å². The van der Waals surface area contributed by atoms with Crippen molar-refractivity contribution in [2.24, 2.45) is 5.84 Å². The van der Waals surface area contributed by atoms with Crippen molar-refractivity contribution >= 4 is 16.3 Å². The standard InChI is InChI=1S/C16H20N4S/c1-12-4-2-3-5-13(12)6-7-14(19-17)10-15-11-20-8-9-21-16(20)18-15/h2-5,8-9,11,14,19H,6-7,10,17H2,1H3. The molecule has 0 aliphatic carbocycles. The highest BCUT2D eigenvalue weighted by Gasteiger charge is 2.12. The monoisotopic (exact) mass is 300 g/mol. The number of imidazole rings is 1. The number of hydrogen-bond acceptors (Lipinski definition) is 4. The Bertz CT molecular complexity index is 687. The Hall–Kier alpha value is -1.69. The molecular formula is C16H20N4S. The molecule has 21 heavy (non-hydrogen) atoms. The van der Waals surface area contributed by atoms with Gasteiger partial charge in [-0.3, -0.25) is 15.7 Å². The molecule has 3 aromatic rings. The van der Waals surface area contributed by atoms with Crippen molar-refractivity contribution in [2.45, 2.75) is 32.2 Å². The van der Waals surface area contributed by atoms with Crippen LogP contribution in [-0.2, 0) is 12.8 Å². The van der Waals surface area contributed by atoms with Crippen LogP contribution in [0.25, 0.3) is 4.96 Å². The van der Waals surface area contributed by atoms with E-state index in [1.54, 1.807) is 11.3 Å². The molecule has 2 heterocycles. The van der Waals surface area contributed by atoms with E-state index in [2.05, 4.69) is 52.2 Å². The lowest BCUT2D eigenvalue weighted by molar-refractivity contribution is 0.487. The van der Waals surface area contributed by atoms with Gasteiger partial charge in [-0.1, -0.05) is 24.3 Å². The molecule has 0 amide bonds. The third kappa shape index (κ3) is 3.32. The van der Waals surface area contributed by atoms with Gasteiger partial charge in [-0.25, -0.2) is 4.98 Å². The molecule has 0 bridgehead atoms. The average Bonchev–Trinajstić information content (AvgIpc) is 3.06. The van der Waals surface area contributed by atoms with Crippen molar-refractivity contribution in [3.05, 3.63) is 58.9 Å². The second-order valence-corrected chi connectivity index (χ2v) is 6.23. The fraction of sp³-hybridized carbons (Fsp3) is 0.312. The van der Waals surface area contributed by atoms with E-state index in [1.165, 1.54) is 11.1 Å². The summed E-state index contributed by atoms with van der Waals surface area (Å²) in [6.07, 6.45) is 7.02. The van der Waals surface area contributed by atoms with Crippen molar-refractivity contribution < 1.29 is 0 Å². The van der Waals surface area contributed by atoms with E-state index in [-0.39, 0.29) is 6.04 Å². The fourth-order valence-corrected chi connectivity index (χ4v) is 3.31. The van der Waals surface area contributed by atoms with Gasteiger partial charge in [-0.05, 0) is 30.9 Å². The van der Waals surface area contributed by atoms with Gasteiger partial charge in [0.1, 0.15) is 0 Å². The number of nitrogens with two attached hydrogens (primary N) is 1. The largest absolute Gasteiger partial charge is 0.297 e. The molecule has 0 radical (unpaired) electrons. The molecule has 1 unspecified atom stereocenters. The molecule has 0 aliphatic rings. The molecular weight excluding hydrogens is 280 g/mol. The topological polar surface area (TPSA) is 55.3 Å². The molecule has 3 N–H and O–H groups in total. The van der Waals surface area contributed by atoms with E-state index in [0.29, 0.717) is 0 Å². The molecule has 110 valence electrons. The van der Waals surface area contributed by atoms with Crippen LogP contribution in [-0.4, -0.2) is 15.4 Å². The normalized spacial score (nSPS) is 12.9. The molecule has 5 heteroatoms. The first-order chi connectivity index (χ1) is 10.3. The van der Waals surface area contributed by atoms with Crippen LogP contribution < -0.4 is 11.3 Å². The maximum Gasteiger partial charge on any atom is 0.193 e. The van der Waals surface area contributed by atoms with Crippen LogP contribution in [0.3, 0.4) is 0 Å². The first-order valence-corrected chi connectivity index (χ1v) is 8.06. The number of fused-ring (bicyclic) bond motifs is 1. The molecule has 0 saturated heterocycles. The van der Waals surface area contributed by atoms with Gasteiger partial charge in [0.05, 0.1) is 5.69 Å². The Morgan fingerprint density at radius 2 is 2.24 bits per heavy atom. The summed E-state index contributed by atoms with van der Waals surface area (Å²) in [6, 6.07) is 8.76. The number of thiazole rings is 1. The Labute approximate surface area is 128 Å². The predicted octanol–water partition coefficient (Wildman–Crippen LogP) is 2.71. The van der Waals surface area contributed by atoms with Crippen molar-refractivity contribution in [1.29, 1.82) is 0 Å². The summed E-state index contributed by atoms with van der Waals surface area (Å²) < 4.78 is 2.06. The van der Waals surface area contributed by atoms with Crippen molar-refractivity contribution in [1.82, 2.24) is 14.8 Å². The van der Waals surface area contributed by atoms with Crippen LogP contribution in [0.5, 0.6) is 0 Å². The van der Waals surface area contributed by atoms with Crippen LogP contribution in [0.1, 0.15) is 23.2 Å². The van der Waals surface area contributed by atoms with Gasteiger partial charge in [-0.2, -0.15) is 0 Å². The van der Waals surface area contributed by atoms with E-state index in [1.807, 2.05) is 11.6 Å².